The van der Waals surface area contributed by atoms with E-state index in [2.05, 4.69) is 48.2 Å². The van der Waals surface area contributed by atoms with Gasteiger partial charge in [-0.1, -0.05) is 63.2 Å². The fourth-order valence-electron chi connectivity index (χ4n) is 3.28. The molecule has 1 atom stereocenters. The summed E-state index contributed by atoms with van der Waals surface area (Å²) in [5.74, 6) is 1.71. The normalized spacial score (nSPS) is 12.4. The van der Waals surface area contributed by atoms with Gasteiger partial charge in [-0.05, 0) is 35.1 Å². The maximum atomic E-state index is 12.5. The number of benzene rings is 2. The van der Waals surface area contributed by atoms with Gasteiger partial charge in [-0.25, -0.2) is 4.98 Å². The Morgan fingerprint density at radius 3 is 2.47 bits per heavy atom. The van der Waals surface area contributed by atoms with Gasteiger partial charge in [0.05, 0.1) is 12.6 Å². The average molecular weight is 406 g/mol. The SMILES string of the molecule is CC(C)(C)c1ccc(OCCCC(=O)N[C@@H](Cc2ncc[nH]2)c2ccccc2)cc1. The van der Waals surface area contributed by atoms with Gasteiger partial charge >= 0.3 is 0 Å². The Labute approximate surface area is 178 Å². The molecule has 3 aromatic rings. The number of imidazole rings is 1. The molecule has 5 nitrogen and oxygen atoms in total. The van der Waals surface area contributed by atoms with Crippen molar-refractivity contribution in [2.75, 3.05) is 6.61 Å². The average Bonchev–Trinajstić information content (AvgIpc) is 3.24. The summed E-state index contributed by atoms with van der Waals surface area (Å²) in [4.78, 5) is 19.9. The van der Waals surface area contributed by atoms with Crippen LogP contribution in [0, 0.1) is 0 Å². The number of ether oxygens (including phenoxy) is 1. The van der Waals surface area contributed by atoms with Crippen molar-refractivity contribution < 1.29 is 9.53 Å². The lowest BCUT2D eigenvalue weighted by Gasteiger charge is -2.19. The predicted molar refractivity (Wildman–Crippen MR) is 119 cm³/mol. The Hall–Kier alpha value is -3.08. The highest BCUT2D eigenvalue weighted by atomic mass is 16.5. The molecule has 0 aliphatic heterocycles. The molecule has 0 radical (unpaired) electrons. The summed E-state index contributed by atoms with van der Waals surface area (Å²) in [6, 6.07) is 18.1. The third kappa shape index (κ3) is 6.48. The first-order chi connectivity index (χ1) is 14.4. The van der Waals surface area contributed by atoms with E-state index in [1.807, 2.05) is 42.5 Å². The number of H-pyrrole nitrogens is 1. The maximum absolute atomic E-state index is 12.5. The van der Waals surface area contributed by atoms with Crippen molar-refractivity contribution in [2.24, 2.45) is 0 Å². The highest BCUT2D eigenvalue weighted by molar-refractivity contribution is 5.76. The zero-order valence-electron chi connectivity index (χ0n) is 18.0. The minimum atomic E-state index is -0.115. The van der Waals surface area contributed by atoms with Crippen molar-refractivity contribution in [1.82, 2.24) is 15.3 Å². The van der Waals surface area contributed by atoms with Gasteiger partial charge in [0.15, 0.2) is 0 Å². The predicted octanol–water partition coefficient (Wildman–Crippen LogP) is 4.97. The lowest BCUT2D eigenvalue weighted by atomic mass is 9.87. The summed E-state index contributed by atoms with van der Waals surface area (Å²) in [5, 5.41) is 3.14. The van der Waals surface area contributed by atoms with Gasteiger partial charge in [0, 0.05) is 25.2 Å². The van der Waals surface area contributed by atoms with Crippen molar-refractivity contribution in [3.63, 3.8) is 0 Å². The summed E-state index contributed by atoms with van der Waals surface area (Å²) < 4.78 is 5.80. The van der Waals surface area contributed by atoms with E-state index < -0.39 is 0 Å². The highest BCUT2D eigenvalue weighted by Crippen LogP contribution is 2.24. The van der Waals surface area contributed by atoms with Crippen molar-refractivity contribution >= 4 is 5.91 Å². The number of amides is 1. The van der Waals surface area contributed by atoms with Crippen molar-refractivity contribution in [2.45, 2.75) is 51.5 Å². The number of aromatic amines is 1. The number of rotatable bonds is 9. The molecule has 0 aliphatic rings. The van der Waals surface area contributed by atoms with Gasteiger partial charge < -0.3 is 15.0 Å². The first kappa shape index (κ1) is 21.6. The second-order valence-corrected chi connectivity index (χ2v) is 8.50. The lowest BCUT2D eigenvalue weighted by Crippen LogP contribution is -2.30. The van der Waals surface area contributed by atoms with Crippen LogP contribution < -0.4 is 10.1 Å². The molecule has 5 heteroatoms. The quantitative estimate of drug-likeness (QED) is 0.494. The molecule has 1 aromatic heterocycles. The number of nitrogens with one attached hydrogen (secondary N) is 2. The molecule has 0 spiro atoms. The zero-order valence-corrected chi connectivity index (χ0v) is 18.0. The minimum absolute atomic E-state index is 0.0158. The van der Waals surface area contributed by atoms with Crippen LogP contribution in [0.4, 0.5) is 0 Å². The van der Waals surface area contributed by atoms with E-state index in [-0.39, 0.29) is 17.4 Å². The fourth-order valence-corrected chi connectivity index (χ4v) is 3.28. The molecule has 1 heterocycles. The third-order valence-electron chi connectivity index (χ3n) is 5.03. The number of hydrogen-bond donors (Lipinski definition) is 2. The fraction of sp³-hybridized carbons (Fsp3) is 0.360. The Morgan fingerprint density at radius 1 is 1.10 bits per heavy atom. The van der Waals surface area contributed by atoms with Gasteiger partial charge in [-0.15, -0.1) is 0 Å². The highest BCUT2D eigenvalue weighted by Gasteiger charge is 2.16. The van der Waals surface area contributed by atoms with Crippen LogP contribution >= 0.6 is 0 Å². The molecule has 2 N–H and O–H groups in total. The van der Waals surface area contributed by atoms with Crippen molar-refractivity contribution in [3.05, 3.63) is 83.9 Å². The smallest absolute Gasteiger partial charge is 0.220 e. The van der Waals surface area contributed by atoms with E-state index in [0.29, 0.717) is 25.9 Å². The molecule has 0 bridgehead atoms. The molecule has 0 unspecified atom stereocenters. The lowest BCUT2D eigenvalue weighted by molar-refractivity contribution is -0.122. The molecule has 1 amide bonds. The molecule has 0 aliphatic carbocycles. The topological polar surface area (TPSA) is 67.0 Å². The van der Waals surface area contributed by atoms with Crippen LogP contribution in [-0.2, 0) is 16.6 Å². The first-order valence-electron chi connectivity index (χ1n) is 10.5. The van der Waals surface area contributed by atoms with E-state index in [4.69, 9.17) is 4.74 Å². The van der Waals surface area contributed by atoms with Gasteiger partial charge in [-0.3, -0.25) is 4.79 Å². The monoisotopic (exact) mass is 405 g/mol. The number of carbonyl (C=O) groups is 1. The third-order valence-corrected chi connectivity index (χ3v) is 5.03. The second-order valence-electron chi connectivity index (χ2n) is 8.50. The van der Waals surface area contributed by atoms with Crippen LogP contribution in [0.15, 0.2) is 67.0 Å². The first-order valence-corrected chi connectivity index (χ1v) is 10.5. The second kappa shape index (κ2) is 10.1. The summed E-state index contributed by atoms with van der Waals surface area (Å²) in [5.41, 5.74) is 2.47. The minimum Gasteiger partial charge on any atom is -0.494 e. The standard InChI is InChI=1S/C25H31N3O2/c1-25(2,3)20-11-13-21(14-12-20)30-17-7-10-24(29)28-22(18-23-26-15-16-27-23)19-8-5-4-6-9-19/h4-6,8-9,11-16,22H,7,10,17-18H2,1-3H3,(H,26,27)(H,28,29)/t22-/m0/s1. The van der Waals surface area contributed by atoms with Crippen LogP contribution in [0.1, 0.15) is 56.6 Å². The molecule has 3 rings (SSSR count). The van der Waals surface area contributed by atoms with E-state index >= 15 is 0 Å². The Bertz CT molecular complexity index is 898. The van der Waals surface area contributed by atoms with Gasteiger partial charge in [-0.2, -0.15) is 0 Å². The molecular formula is C25H31N3O2. The number of aromatic nitrogens is 2. The van der Waals surface area contributed by atoms with Gasteiger partial charge in [0.2, 0.25) is 5.91 Å². The Kier molecular flexibility index (Phi) is 7.28. The zero-order chi connectivity index (χ0) is 21.4. The maximum Gasteiger partial charge on any atom is 0.220 e. The van der Waals surface area contributed by atoms with E-state index in [9.17, 15) is 4.79 Å². The largest absolute Gasteiger partial charge is 0.494 e. The Balaban J connectivity index is 1.47. The molecule has 158 valence electrons. The van der Waals surface area contributed by atoms with Crippen molar-refractivity contribution in [1.29, 1.82) is 0 Å². The van der Waals surface area contributed by atoms with Crippen molar-refractivity contribution in [3.8, 4) is 5.75 Å². The number of hydrogen-bond acceptors (Lipinski definition) is 3. The number of carbonyl (C=O) groups excluding carboxylic acids is 1. The summed E-state index contributed by atoms with van der Waals surface area (Å²) in [7, 11) is 0. The molecule has 0 saturated heterocycles. The summed E-state index contributed by atoms with van der Waals surface area (Å²) >= 11 is 0. The van der Waals surface area contributed by atoms with E-state index in [1.54, 1.807) is 12.4 Å². The van der Waals surface area contributed by atoms with Crippen LogP contribution in [0.3, 0.4) is 0 Å². The van der Waals surface area contributed by atoms with E-state index in [0.717, 1.165) is 17.1 Å². The summed E-state index contributed by atoms with van der Waals surface area (Å²) in [6.07, 6.45) is 5.23. The van der Waals surface area contributed by atoms with Crippen LogP contribution in [0.2, 0.25) is 0 Å². The molecular weight excluding hydrogens is 374 g/mol. The number of nitrogens with zero attached hydrogens (tertiary/aromatic N) is 1. The molecule has 0 saturated carbocycles. The van der Waals surface area contributed by atoms with Gasteiger partial charge in [0.25, 0.3) is 0 Å². The molecule has 2 aromatic carbocycles. The molecule has 0 fully saturated rings. The van der Waals surface area contributed by atoms with Crippen LogP contribution in [0.25, 0.3) is 0 Å². The van der Waals surface area contributed by atoms with Gasteiger partial charge in [0.1, 0.15) is 11.6 Å². The van der Waals surface area contributed by atoms with Crippen LogP contribution in [0.5, 0.6) is 5.75 Å². The van der Waals surface area contributed by atoms with E-state index in [1.165, 1.54) is 5.56 Å². The Morgan fingerprint density at radius 2 is 1.83 bits per heavy atom. The van der Waals surface area contributed by atoms with Crippen LogP contribution in [-0.4, -0.2) is 22.5 Å². The molecule has 30 heavy (non-hydrogen) atoms. The summed E-state index contributed by atoms with van der Waals surface area (Å²) in [6.45, 7) is 7.08.